The topological polar surface area (TPSA) is 34.0 Å². The van der Waals surface area contributed by atoms with Crippen molar-refractivity contribution in [3.8, 4) is 0 Å². The molecule has 1 aromatic heterocycles. The number of hydrogen-bond donors (Lipinski definition) is 1. The Kier molecular flexibility index (Phi) is 2.79. The Bertz CT molecular complexity index is 572. The van der Waals surface area contributed by atoms with E-state index in [1.165, 1.54) is 0 Å². The molecular weight excluding hydrogens is 200 g/mol. The lowest BCUT2D eigenvalue weighted by molar-refractivity contribution is 0.647. The molecule has 1 heterocycles. The maximum absolute atomic E-state index is 11.9. The first-order valence-electron chi connectivity index (χ1n) is 5.40. The molecule has 0 amide bonds. The van der Waals surface area contributed by atoms with Crippen LogP contribution in [0.25, 0.3) is 10.8 Å². The second kappa shape index (κ2) is 4.10. The quantitative estimate of drug-likeness (QED) is 0.830. The molecule has 3 heteroatoms. The number of rotatable bonds is 2. The minimum Gasteiger partial charge on any atom is -0.318 e. The van der Waals surface area contributed by atoms with Gasteiger partial charge in [-0.1, -0.05) is 18.2 Å². The molecule has 84 valence electrons. The fraction of sp³-hybridized carbons (Fsp3) is 0.308. The molecule has 0 fully saturated rings. The number of benzene rings is 1. The molecule has 0 spiro atoms. The summed E-state index contributed by atoms with van der Waals surface area (Å²) in [6.07, 6.45) is 1.91. The Hall–Kier alpha value is -1.61. The van der Waals surface area contributed by atoms with Gasteiger partial charge < -0.3 is 9.88 Å². The van der Waals surface area contributed by atoms with Crippen LogP contribution >= 0.6 is 0 Å². The van der Waals surface area contributed by atoms with E-state index in [1.807, 2.05) is 37.5 Å². The number of aryl methyl sites for hydroxylation is 1. The third-order valence-electron chi connectivity index (χ3n) is 3.02. The summed E-state index contributed by atoms with van der Waals surface area (Å²) >= 11 is 0. The summed E-state index contributed by atoms with van der Waals surface area (Å²) in [6, 6.07) is 7.98. The van der Waals surface area contributed by atoms with Crippen LogP contribution in [0.5, 0.6) is 0 Å². The minimum atomic E-state index is 0.0580. The predicted molar refractivity (Wildman–Crippen MR) is 66.7 cm³/mol. The van der Waals surface area contributed by atoms with E-state index in [9.17, 15) is 4.79 Å². The lowest BCUT2D eigenvalue weighted by atomic mass is 10.0. The van der Waals surface area contributed by atoms with Gasteiger partial charge in [0.15, 0.2) is 0 Å². The van der Waals surface area contributed by atoms with Crippen molar-refractivity contribution in [2.24, 2.45) is 7.05 Å². The predicted octanol–water partition coefficient (Wildman–Crippen LogP) is 1.82. The van der Waals surface area contributed by atoms with Gasteiger partial charge in [-0.15, -0.1) is 0 Å². The number of aromatic nitrogens is 1. The zero-order chi connectivity index (χ0) is 11.7. The van der Waals surface area contributed by atoms with Gasteiger partial charge in [0, 0.05) is 24.7 Å². The largest absolute Gasteiger partial charge is 0.318 e. The monoisotopic (exact) mass is 216 g/mol. The molecule has 0 aliphatic heterocycles. The van der Waals surface area contributed by atoms with Crippen molar-refractivity contribution in [3.63, 3.8) is 0 Å². The molecule has 0 aliphatic rings. The van der Waals surface area contributed by atoms with E-state index in [0.717, 1.165) is 16.3 Å². The molecule has 0 aliphatic carbocycles. The number of nitrogens with zero attached hydrogens (tertiary/aromatic N) is 1. The molecule has 2 rings (SSSR count). The van der Waals surface area contributed by atoms with Gasteiger partial charge in [-0.3, -0.25) is 4.79 Å². The van der Waals surface area contributed by atoms with Gasteiger partial charge in [0.1, 0.15) is 0 Å². The molecule has 1 N–H and O–H groups in total. The van der Waals surface area contributed by atoms with E-state index in [0.29, 0.717) is 0 Å². The van der Waals surface area contributed by atoms with E-state index in [-0.39, 0.29) is 11.6 Å². The van der Waals surface area contributed by atoms with Crippen LogP contribution in [-0.2, 0) is 7.05 Å². The second-order valence-electron chi connectivity index (χ2n) is 4.06. The first-order chi connectivity index (χ1) is 7.65. The van der Waals surface area contributed by atoms with Crippen molar-refractivity contribution in [1.82, 2.24) is 9.88 Å². The summed E-state index contributed by atoms with van der Waals surface area (Å²) in [7, 11) is 3.71. The Labute approximate surface area is 94.7 Å². The first-order valence-corrected chi connectivity index (χ1v) is 5.40. The first kappa shape index (κ1) is 10.9. The number of pyridine rings is 1. The lowest BCUT2D eigenvalue weighted by Crippen LogP contribution is -2.21. The average molecular weight is 216 g/mol. The van der Waals surface area contributed by atoms with Crippen LogP contribution in [0.4, 0.5) is 0 Å². The van der Waals surface area contributed by atoms with Gasteiger partial charge in [-0.2, -0.15) is 0 Å². The molecule has 0 bridgehead atoms. The molecular formula is C13H16N2O. The standard InChI is InChI=1S/C13H16N2O/c1-9(14-2)12-8-15(3)13(16)11-7-5-4-6-10(11)12/h4-9,14H,1-3H3. The molecule has 0 saturated carbocycles. The maximum atomic E-state index is 11.9. The number of nitrogens with one attached hydrogen (secondary N) is 1. The van der Waals surface area contributed by atoms with Gasteiger partial charge in [-0.25, -0.2) is 0 Å². The molecule has 0 radical (unpaired) electrons. The zero-order valence-electron chi connectivity index (χ0n) is 9.82. The van der Waals surface area contributed by atoms with Crippen molar-refractivity contribution in [2.75, 3.05) is 7.05 Å². The highest BCUT2D eigenvalue weighted by Crippen LogP contribution is 2.20. The second-order valence-corrected chi connectivity index (χ2v) is 4.06. The van der Waals surface area contributed by atoms with Crippen molar-refractivity contribution in [1.29, 1.82) is 0 Å². The molecule has 1 atom stereocenters. The average Bonchev–Trinajstić information content (AvgIpc) is 2.33. The molecule has 1 unspecified atom stereocenters. The minimum absolute atomic E-state index is 0.0580. The summed E-state index contributed by atoms with van der Waals surface area (Å²) in [6.45, 7) is 2.09. The van der Waals surface area contributed by atoms with E-state index in [2.05, 4.69) is 12.2 Å². The molecule has 16 heavy (non-hydrogen) atoms. The zero-order valence-corrected chi connectivity index (χ0v) is 9.82. The number of fused-ring (bicyclic) bond motifs is 1. The normalized spacial score (nSPS) is 12.9. The van der Waals surface area contributed by atoms with E-state index < -0.39 is 0 Å². The van der Waals surface area contributed by atoms with Crippen molar-refractivity contribution >= 4 is 10.8 Å². The maximum Gasteiger partial charge on any atom is 0.258 e. The lowest BCUT2D eigenvalue weighted by Gasteiger charge is -2.15. The van der Waals surface area contributed by atoms with Crippen LogP contribution in [0.2, 0.25) is 0 Å². The van der Waals surface area contributed by atoms with Crippen LogP contribution in [0.15, 0.2) is 35.3 Å². The van der Waals surface area contributed by atoms with Crippen molar-refractivity contribution in [3.05, 3.63) is 46.4 Å². The van der Waals surface area contributed by atoms with E-state index in [1.54, 1.807) is 11.6 Å². The third-order valence-corrected chi connectivity index (χ3v) is 3.02. The highest BCUT2D eigenvalue weighted by molar-refractivity contribution is 5.85. The highest BCUT2D eigenvalue weighted by atomic mass is 16.1. The summed E-state index contributed by atoms with van der Waals surface area (Å²) < 4.78 is 1.64. The van der Waals surface area contributed by atoms with Gasteiger partial charge >= 0.3 is 0 Å². The number of hydrogen-bond acceptors (Lipinski definition) is 2. The Balaban J connectivity index is 2.85. The fourth-order valence-corrected chi connectivity index (χ4v) is 1.95. The van der Waals surface area contributed by atoms with Gasteiger partial charge in [0.05, 0.1) is 0 Å². The summed E-state index contributed by atoms with van der Waals surface area (Å²) in [5.41, 5.74) is 1.21. The van der Waals surface area contributed by atoms with E-state index >= 15 is 0 Å². The molecule has 2 aromatic rings. The molecule has 0 saturated heterocycles. The van der Waals surface area contributed by atoms with Gasteiger partial charge in [0.25, 0.3) is 5.56 Å². The van der Waals surface area contributed by atoms with Gasteiger partial charge in [0.2, 0.25) is 0 Å². The summed E-state index contributed by atoms with van der Waals surface area (Å²) in [4.78, 5) is 11.9. The Morgan fingerprint density at radius 3 is 2.50 bits per heavy atom. The van der Waals surface area contributed by atoms with Gasteiger partial charge in [-0.05, 0) is 31.0 Å². The smallest absolute Gasteiger partial charge is 0.258 e. The van der Waals surface area contributed by atoms with Crippen LogP contribution in [0.1, 0.15) is 18.5 Å². The molecule has 1 aromatic carbocycles. The Morgan fingerprint density at radius 2 is 1.88 bits per heavy atom. The van der Waals surface area contributed by atoms with Crippen LogP contribution in [-0.4, -0.2) is 11.6 Å². The van der Waals surface area contributed by atoms with Crippen LogP contribution in [0, 0.1) is 0 Å². The highest BCUT2D eigenvalue weighted by Gasteiger charge is 2.10. The summed E-state index contributed by atoms with van der Waals surface area (Å²) in [5.74, 6) is 0. The summed E-state index contributed by atoms with van der Waals surface area (Å²) in [5, 5.41) is 5.02. The van der Waals surface area contributed by atoms with E-state index in [4.69, 9.17) is 0 Å². The van der Waals surface area contributed by atoms with Crippen LogP contribution < -0.4 is 10.9 Å². The van der Waals surface area contributed by atoms with Crippen molar-refractivity contribution in [2.45, 2.75) is 13.0 Å². The van der Waals surface area contributed by atoms with Crippen LogP contribution in [0.3, 0.4) is 0 Å². The fourth-order valence-electron chi connectivity index (χ4n) is 1.95. The SMILES string of the molecule is CNC(C)c1cn(C)c(=O)c2ccccc12. The molecule has 3 nitrogen and oxygen atoms in total. The Morgan fingerprint density at radius 1 is 1.25 bits per heavy atom. The van der Waals surface area contributed by atoms with Crippen molar-refractivity contribution < 1.29 is 0 Å². The third kappa shape index (κ3) is 1.63.